The molecule has 4 heteroatoms. The summed E-state index contributed by atoms with van der Waals surface area (Å²) < 4.78 is 4.94. The fourth-order valence-electron chi connectivity index (χ4n) is 0.779. The van der Waals surface area contributed by atoms with Crippen LogP contribution in [0.25, 0.3) is 0 Å². The fraction of sp³-hybridized carbons (Fsp3) is 0.286. The van der Waals surface area contributed by atoms with Crippen molar-refractivity contribution in [2.24, 2.45) is 5.73 Å². The molecule has 60 valence electrons. The van der Waals surface area contributed by atoms with E-state index in [-0.39, 0.29) is 0 Å². The summed E-state index contributed by atoms with van der Waals surface area (Å²) >= 11 is 5.62. The minimum atomic E-state index is 0.410. The lowest BCUT2D eigenvalue weighted by Crippen LogP contribution is -2.01. The molecule has 0 fully saturated rings. The topological polar surface area (TPSA) is 48.1 Å². The smallest absolute Gasteiger partial charge is 0.218 e. The maximum Gasteiger partial charge on any atom is 0.218 e. The Balaban J connectivity index is 3.06. The molecule has 0 atom stereocenters. The zero-order chi connectivity index (χ0) is 8.27. The average Bonchev–Trinajstić information content (AvgIpc) is 2.04. The molecular formula is C7H9ClN2O. The number of pyridine rings is 1. The lowest BCUT2D eigenvalue weighted by molar-refractivity contribution is 0.393. The van der Waals surface area contributed by atoms with Gasteiger partial charge in [-0.15, -0.1) is 0 Å². The van der Waals surface area contributed by atoms with Crippen LogP contribution in [0, 0.1) is 0 Å². The quantitative estimate of drug-likeness (QED) is 0.682. The largest absolute Gasteiger partial charge is 0.481 e. The SMILES string of the molecule is COc1nc(Cl)ccc1CN. The van der Waals surface area contributed by atoms with Crippen LogP contribution in [-0.2, 0) is 6.54 Å². The zero-order valence-electron chi connectivity index (χ0n) is 6.17. The van der Waals surface area contributed by atoms with Gasteiger partial charge in [-0.3, -0.25) is 0 Å². The van der Waals surface area contributed by atoms with Crippen molar-refractivity contribution < 1.29 is 4.74 Å². The average molecular weight is 173 g/mol. The first-order chi connectivity index (χ1) is 5.27. The van der Waals surface area contributed by atoms with Gasteiger partial charge in [-0.05, 0) is 12.1 Å². The number of halogens is 1. The van der Waals surface area contributed by atoms with Crippen molar-refractivity contribution in [3.63, 3.8) is 0 Å². The molecule has 0 saturated heterocycles. The number of nitrogens with two attached hydrogens (primary N) is 1. The number of aromatic nitrogens is 1. The molecule has 0 bridgehead atoms. The van der Waals surface area contributed by atoms with Gasteiger partial charge >= 0.3 is 0 Å². The van der Waals surface area contributed by atoms with Gasteiger partial charge in [0.15, 0.2) is 0 Å². The van der Waals surface area contributed by atoms with E-state index in [1.165, 1.54) is 7.11 Å². The van der Waals surface area contributed by atoms with E-state index in [9.17, 15) is 0 Å². The second kappa shape index (κ2) is 3.55. The Labute approximate surface area is 70.1 Å². The molecule has 0 unspecified atom stereocenters. The Bertz CT molecular complexity index is 252. The zero-order valence-corrected chi connectivity index (χ0v) is 6.93. The highest BCUT2D eigenvalue weighted by atomic mass is 35.5. The van der Waals surface area contributed by atoms with Gasteiger partial charge in [0.05, 0.1) is 7.11 Å². The molecule has 0 aliphatic carbocycles. The highest BCUT2D eigenvalue weighted by Gasteiger charge is 2.01. The van der Waals surface area contributed by atoms with Gasteiger partial charge in [0, 0.05) is 12.1 Å². The second-order valence-corrected chi connectivity index (χ2v) is 2.39. The monoisotopic (exact) mass is 172 g/mol. The van der Waals surface area contributed by atoms with E-state index in [2.05, 4.69) is 4.98 Å². The minimum Gasteiger partial charge on any atom is -0.481 e. The first-order valence-corrected chi connectivity index (χ1v) is 3.55. The number of nitrogens with zero attached hydrogens (tertiary/aromatic N) is 1. The standard InChI is InChI=1S/C7H9ClN2O/c1-11-7-5(4-9)2-3-6(8)10-7/h2-3H,4,9H2,1H3. The first kappa shape index (κ1) is 8.30. The summed E-state index contributed by atoms with van der Waals surface area (Å²) in [6, 6.07) is 3.49. The summed E-state index contributed by atoms with van der Waals surface area (Å²) in [5.74, 6) is 0.500. The Morgan fingerprint density at radius 2 is 2.36 bits per heavy atom. The highest BCUT2D eigenvalue weighted by Crippen LogP contribution is 2.17. The van der Waals surface area contributed by atoms with Crippen LogP contribution in [0.3, 0.4) is 0 Å². The number of hydrogen-bond donors (Lipinski definition) is 1. The van der Waals surface area contributed by atoms with E-state index in [0.717, 1.165) is 5.56 Å². The molecule has 11 heavy (non-hydrogen) atoms. The summed E-state index contributed by atoms with van der Waals surface area (Å²) in [6.07, 6.45) is 0. The number of rotatable bonds is 2. The van der Waals surface area contributed by atoms with Crippen LogP contribution < -0.4 is 10.5 Å². The predicted molar refractivity (Wildman–Crippen MR) is 43.7 cm³/mol. The molecule has 2 N–H and O–H groups in total. The molecule has 0 aliphatic rings. The van der Waals surface area contributed by atoms with Gasteiger partial charge < -0.3 is 10.5 Å². The third kappa shape index (κ3) is 1.82. The normalized spacial score (nSPS) is 9.73. The Kier molecular flexibility index (Phi) is 2.68. The highest BCUT2D eigenvalue weighted by molar-refractivity contribution is 6.29. The third-order valence-corrected chi connectivity index (χ3v) is 1.53. The third-order valence-electron chi connectivity index (χ3n) is 1.32. The maximum absolute atomic E-state index is 5.62. The molecule has 1 rings (SSSR count). The molecule has 0 aromatic carbocycles. The van der Waals surface area contributed by atoms with Crippen LogP contribution in [0.15, 0.2) is 12.1 Å². The molecule has 0 spiro atoms. The van der Waals surface area contributed by atoms with Crippen LogP contribution in [0.2, 0.25) is 5.15 Å². The Hall–Kier alpha value is -0.800. The van der Waals surface area contributed by atoms with Crippen molar-refractivity contribution in [2.45, 2.75) is 6.54 Å². The number of hydrogen-bond acceptors (Lipinski definition) is 3. The lowest BCUT2D eigenvalue weighted by Gasteiger charge is -2.03. The van der Waals surface area contributed by atoms with Gasteiger partial charge in [-0.2, -0.15) is 0 Å². The van der Waals surface area contributed by atoms with Crippen LogP contribution in [0.5, 0.6) is 5.88 Å². The van der Waals surface area contributed by atoms with E-state index in [1.54, 1.807) is 12.1 Å². The van der Waals surface area contributed by atoms with Crippen molar-refractivity contribution in [1.29, 1.82) is 0 Å². The van der Waals surface area contributed by atoms with E-state index in [0.29, 0.717) is 17.6 Å². The van der Waals surface area contributed by atoms with Crippen molar-refractivity contribution in [2.75, 3.05) is 7.11 Å². The first-order valence-electron chi connectivity index (χ1n) is 3.17. The number of ether oxygens (including phenoxy) is 1. The van der Waals surface area contributed by atoms with E-state index in [1.807, 2.05) is 0 Å². The van der Waals surface area contributed by atoms with Gasteiger partial charge in [0.1, 0.15) is 5.15 Å². The van der Waals surface area contributed by atoms with Crippen molar-refractivity contribution >= 4 is 11.6 Å². The summed E-state index contributed by atoms with van der Waals surface area (Å²) in [5.41, 5.74) is 6.27. The molecule has 0 amide bonds. The van der Waals surface area contributed by atoms with Crippen LogP contribution in [0.4, 0.5) is 0 Å². The Morgan fingerprint density at radius 3 is 2.91 bits per heavy atom. The second-order valence-electron chi connectivity index (χ2n) is 2.01. The van der Waals surface area contributed by atoms with Gasteiger partial charge in [-0.25, -0.2) is 4.98 Å². The summed E-state index contributed by atoms with van der Waals surface area (Å²) in [5, 5.41) is 0.416. The molecule has 0 aliphatic heterocycles. The molecule has 0 radical (unpaired) electrons. The van der Waals surface area contributed by atoms with E-state index in [4.69, 9.17) is 22.1 Å². The van der Waals surface area contributed by atoms with Crippen LogP contribution in [0.1, 0.15) is 5.56 Å². The van der Waals surface area contributed by atoms with E-state index >= 15 is 0 Å². The minimum absolute atomic E-state index is 0.410. The summed E-state index contributed by atoms with van der Waals surface area (Å²) in [6.45, 7) is 0.410. The summed E-state index contributed by atoms with van der Waals surface area (Å²) in [7, 11) is 1.54. The van der Waals surface area contributed by atoms with Crippen molar-refractivity contribution in [3.05, 3.63) is 22.8 Å². The maximum atomic E-state index is 5.62. The van der Waals surface area contributed by atoms with Crippen molar-refractivity contribution in [1.82, 2.24) is 4.98 Å². The van der Waals surface area contributed by atoms with Crippen LogP contribution in [-0.4, -0.2) is 12.1 Å². The molecule has 3 nitrogen and oxygen atoms in total. The molecule has 1 aromatic heterocycles. The van der Waals surface area contributed by atoms with Crippen LogP contribution >= 0.6 is 11.6 Å². The number of methoxy groups -OCH3 is 1. The van der Waals surface area contributed by atoms with Gasteiger partial charge in [-0.1, -0.05) is 11.6 Å². The van der Waals surface area contributed by atoms with Crippen molar-refractivity contribution in [3.8, 4) is 5.88 Å². The molecule has 1 heterocycles. The van der Waals surface area contributed by atoms with E-state index < -0.39 is 0 Å². The molecule has 0 saturated carbocycles. The Morgan fingerprint density at radius 1 is 1.64 bits per heavy atom. The fourth-order valence-corrected chi connectivity index (χ4v) is 0.919. The van der Waals surface area contributed by atoms with Gasteiger partial charge in [0.25, 0.3) is 0 Å². The molecular weight excluding hydrogens is 164 g/mol. The predicted octanol–water partition coefficient (Wildman–Crippen LogP) is 1.20. The summed E-state index contributed by atoms with van der Waals surface area (Å²) in [4.78, 5) is 3.93. The molecule has 1 aromatic rings. The van der Waals surface area contributed by atoms with Gasteiger partial charge in [0.2, 0.25) is 5.88 Å². The lowest BCUT2D eigenvalue weighted by atomic mass is 10.3.